The van der Waals surface area contributed by atoms with Gasteiger partial charge in [0, 0.05) is 12.5 Å². The first-order valence-corrected chi connectivity index (χ1v) is 4.22. The van der Waals surface area contributed by atoms with Crippen LogP contribution in [0.15, 0.2) is 18.2 Å². The van der Waals surface area contributed by atoms with E-state index in [2.05, 4.69) is 0 Å². The van der Waals surface area contributed by atoms with Gasteiger partial charge in [-0.05, 0) is 0 Å². The lowest BCUT2D eigenvalue weighted by Crippen LogP contribution is -2.10. The second kappa shape index (κ2) is 3.58. The molecule has 0 aromatic heterocycles. The van der Waals surface area contributed by atoms with E-state index in [0.29, 0.717) is 6.92 Å². The Hall–Kier alpha value is -0.700. The summed E-state index contributed by atoms with van der Waals surface area (Å²) in [5.74, 6) is -4.17. The normalized spacial score (nSPS) is 11.8. The molecule has 0 nitrogen and oxygen atoms in total. The Morgan fingerprint density at radius 2 is 2.00 bits per heavy atom. The zero-order chi connectivity index (χ0) is 10.1. The van der Waals surface area contributed by atoms with Crippen molar-refractivity contribution in [2.24, 2.45) is 0 Å². The molecule has 0 saturated carbocycles. The van der Waals surface area contributed by atoms with Gasteiger partial charge in [-0.25, -0.2) is 13.2 Å². The van der Waals surface area contributed by atoms with Gasteiger partial charge in [0.1, 0.15) is 5.82 Å². The third-order valence-corrected chi connectivity index (χ3v) is 1.98. The van der Waals surface area contributed by atoms with Crippen molar-refractivity contribution in [2.45, 2.75) is 18.7 Å². The van der Waals surface area contributed by atoms with Crippen molar-refractivity contribution in [1.29, 1.82) is 0 Å². The van der Waals surface area contributed by atoms with Crippen LogP contribution >= 0.6 is 11.6 Å². The van der Waals surface area contributed by atoms with E-state index in [1.165, 1.54) is 12.1 Å². The number of benzene rings is 1. The lowest BCUT2D eigenvalue weighted by Gasteiger charge is -2.12. The molecule has 0 heterocycles. The molecule has 0 atom stereocenters. The quantitative estimate of drug-likeness (QED) is 0.651. The molecule has 0 radical (unpaired) electrons. The van der Waals surface area contributed by atoms with Gasteiger partial charge in [-0.1, -0.05) is 18.2 Å². The van der Waals surface area contributed by atoms with E-state index in [0.717, 1.165) is 6.07 Å². The van der Waals surface area contributed by atoms with Gasteiger partial charge in [-0.2, -0.15) is 0 Å². The molecule has 0 aliphatic carbocycles. The van der Waals surface area contributed by atoms with Crippen LogP contribution in [0.25, 0.3) is 0 Å². The first-order valence-electron chi connectivity index (χ1n) is 3.68. The second-order valence-corrected chi connectivity index (χ2v) is 3.07. The van der Waals surface area contributed by atoms with Crippen molar-refractivity contribution in [2.75, 3.05) is 0 Å². The topological polar surface area (TPSA) is 0 Å². The Kier molecular flexibility index (Phi) is 2.86. The number of halogens is 4. The molecule has 0 aliphatic rings. The molecule has 0 spiro atoms. The number of hydrogen-bond donors (Lipinski definition) is 0. The van der Waals surface area contributed by atoms with Gasteiger partial charge in [0.05, 0.1) is 11.4 Å². The second-order valence-electron chi connectivity index (χ2n) is 2.80. The Labute approximate surface area is 79.3 Å². The monoisotopic (exact) mass is 208 g/mol. The zero-order valence-corrected chi connectivity index (χ0v) is 7.71. The van der Waals surface area contributed by atoms with Crippen LogP contribution < -0.4 is 0 Å². The van der Waals surface area contributed by atoms with Crippen molar-refractivity contribution < 1.29 is 13.2 Å². The molecular formula is C9H8ClF3. The minimum absolute atomic E-state index is 0.0979. The van der Waals surface area contributed by atoms with Crippen LogP contribution in [0.3, 0.4) is 0 Å². The average Bonchev–Trinajstić information content (AvgIpc) is 2.02. The van der Waals surface area contributed by atoms with Gasteiger partial charge >= 0.3 is 0 Å². The summed E-state index contributed by atoms with van der Waals surface area (Å²) in [4.78, 5) is 0. The van der Waals surface area contributed by atoms with Crippen molar-refractivity contribution >= 4 is 11.6 Å². The lowest BCUT2D eigenvalue weighted by molar-refractivity contribution is 0.0136. The van der Waals surface area contributed by atoms with Crippen molar-refractivity contribution in [3.63, 3.8) is 0 Å². The SMILES string of the molecule is CC(F)(F)c1cccc(CCl)c1F. The van der Waals surface area contributed by atoms with Crippen molar-refractivity contribution in [3.05, 3.63) is 35.1 Å². The molecule has 0 unspecified atom stereocenters. The number of rotatable bonds is 2. The number of hydrogen-bond acceptors (Lipinski definition) is 0. The maximum absolute atomic E-state index is 13.2. The highest BCUT2D eigenvalue weighted by atomic mass is 35.5. The standard InChI is InChI=1S/C9H8ClF3/c1-9(12,13)7-4-2-3-6(5-10)8(7)11/h2-4H,5H2,1H3. The molecule has 13 heavy (non-hydrogen) atoms. The zero-order valence-electron chi connectivity index (χ0n) is 6.95. The molecule has 0 aliphatic heterocycles. The minimum atomic E-state index is -3.16. The van der Waals surface area contributed by atoms with Crippen molar-refractivity contribution in [3.8, 4) is 0 Å². The van der Waals surface area contributed by atoms with Crippen LogP contribution in [0.2, 0.25) is 0 Å². The average molecular weight is 209 g/mol. The van der Waals surface area contributed by atoms with Crippen LogP contribution in [0, 0.1) is 5.82 Å². The molecule has 1 aromatic carbocycles. The van der Waals surface area contributed by atoms with Crippen LogP contribution in [0.4, 0.5) is 13.2 Å². The molecule has 1 rings (SSSR count). The highest BCUT2D eigenvalue weighted by molar-refractivity contribution is 6.17. The Bertz CT molecular complexity index is 304. The van der Waals surface area contributed by atoms with E-state index < -0.39 is 17.3 Å². The Morgan fingerprint density at radius 1 is 1.38 bits per heavy atom. The molecule has 0 bridgehead atoms. The fourth-order valence-electron chi connectivity index (χ4n) is 1.02. The summed E-state index contributed by atoms with van der Waals surface area (Å²) in [6.45, 7) is 0.656. The number of alkyl halides is 3. The predicted octanol–water partition coefficient (Wildman–Crippen LogP) is 3.68. The first-order chi connectivity index (χ1) is 5.96. The maximum Gasteiger partial charge on any atom is 0.273 e. The summed E-state index contributed by atoms with van der Waals surface area (Å²) >= 11 is 5.37. The fraction of sp³-hybridized carbons (Fsp3) is 0.333. The molecule has 0 amide bonds. The van der Waals surface area contributed by atoms with E-state index >= 15 is 0 Å². The summed E-state index contributed by atoms with van der Waals surface area (Å²) in [5.41, 5.74) is -0.508. The van der Waals surface area contributed by atoms with Gasteiger partial charge in [-0.15, -0.1) is 11.6 Å². The van der Waals surface area contributed by atoms with Gasteiger partial charge < -0.3 is 0 Å². The summed E-state index contributed by atoms with van der Waals surface area (Å²) in [7, 11) is 0. The van der Waals surface area contributed by atoms with Gasteiger partial charge in [0.15, 0.2) is 0 Å². The van der Waals surface area contributed by atoms with Crippen LogP contribution in [-0.4, -0.2) is 0 Å². The van der Waals surface area contributed by atoms with E-state index in [1.807, 2.05) is 0 Å². The molecule has 1 aromatic rings. The van der Waals surface area contributed by atoms with E-state index in [1.54, 1.807) is 0 Å². The molecular weight excluding hydrogens is 201 g/mol. The third-order valence-electron chi connectivity index (χ3n) is 1.70. The summed E-state index contributed by atoms with van der Waals surface area (Å²) in [5, 5.41) is 0. The molecule has 0 saturated heterocycles. The fourth-order valence-corrected chi connectivity index (χ4v) is 1.23. The third kappa shape index (κ3) is 2.15. The smallest absolute Gasteiger partial charge is 0.206 e. The van der Waals surface area contributed by atoms with E-state index in [4.69, 9.17) is 11.6 Å². The first kappa shape index (κ1) is 10.4. The van der Waals surface area contributed by atoms with Gasteiger partial charge in [0.2, 0.25) is 0 Å². The largest absolute Gasteiger partial charge is 0.273 e. The van der Waals surface area contributed by atoms with Crippen LogP contribution in [0.1, 0.15) is 18.1 Å². The van der Waals surface area contributed by atoms with Crippen molar-refractivity contribution in [1.82, 2.24) is 0 Å². The molecule has 72 valence electrons. The highest BCUT2D eigenvalue weighted by Crippen LogP contribution is 2.30. The summed E-state index contributed by atoms with van der Waals surface area (Å²) in [6, 6.07) is 3.82. The molecule has 4 heteroatoms. The Balaban J connectivity index is 3.24. The predicted molar refractivity (Wildman–Crippen MR) is 45.5 cm³/mol. The summed E-state index contributed by atoms with van der Waals surface area (Å²) in [6.07, 6.45) is 0. The van der Waals surface area contributed by atoms with Gasteiger partial charge in [0.25, 0.3) is 5.92 Å². The maximum atomic E-state index is 13.2. The van der Waals surface area contributed by atoms with Crippen LogP contribution in [0.5, 0.6) is 0 Å². The molecule has 0 fully saturated rings. The summed E-state index contributed by atoms with van der Waals surface area (Å²) < 4.78 is 38.7. The highest BCUT2D eigenvalue weighted by Gasteiger charge is 2.28. The Morgan fingerprint density at radius 3 is 2.46 bits per heavy atom. The van der Waals surface area contributed by atoms with E-state index in [9.17, 15) is 13.2 Å². The van der Waals surface area contributed by atoms with Crippen LogP contribution in [-0.2, 0) is 11.8 Å². The lowest BCUT2D eigenvalue weighted by atomic mass is 10.1. The minimum Gasteiger partial charge on any atom is -0.206 e. The molecule has 0 N–H and O–H groups in total. The van der Waals surface area contributed by atoms with Gasteiger partial charge in [-0.3, -0.25) is 0 Å². The van der Waals surface area contributed by atoms with E-state index in [-0.39, 0.29) is 11.4 Å².